The molecule has 0 spiro atoms. The molecular formula is C60H102O6. The maximum Gasteiger partial charge on any atom is 0.306 e. The van der Waals surface area contributed by atoms with E-state index in [0.29, 0.717) is 19.3 Å². The molecule has 66 heavy (non-hydrogen) atoms. The van der Waals surface area contributed by atoms with Crippen molar-refractivity contribution < 1.29 is 28.6 Å². The summed E-state index contributed by atoms with van der Waals surface area (Å²) in [7, 11) is 0. The van der Waals surface area contributed by atoms with Gasteiger partial charge in [0.1, 0.15) is 13.2 Å². The molecule has 0 aromatic heterocycles. The Bertz CT molecular complexity index is 1290. The van der Waals surface area contributed by atoms with Crippen LogP contribution in [0.3, 0.4) is 0 Å². The number of ether oxygens (including phenoxy) is 3. The predicted octanol–water partition coefficient (Wildman–Crippen LogP) is 18.4. The minimum atomic E-state index is -0.796. The molecule has 6 heteroatoms. The van der Waals surface area contributed by atoms with Crippen LogP contribution in [0.1, 0.15) is 258 Å². The van der Waals surface area contributed by atoms with Crippen molar-refractivity contribution in [3.8, 4) is 0 Å². The lowest BCUT2D eigenvalue weighted by molar-refractivity contribution is -0.167. The average molecular weight is 919 g/mol. The molecule has 1 atom stereocenters. The highest BCUT2D eigenvalue weighted by molar-refractivity contribution is 5.71. The van der Waals surface area contributed by atoms with Crippen LogP contribution in [0.25, 0.3) is 0 Å². The van der Waals surface area contributed by atoms with Crippen LogP contribution >= 0.6 is 0 Å². The fraction of sp³-hybridized carbons (Fsp3) is 0.717. The molecule has 0 N–H and O–H groups in total. The molecule has 0 aromatic carbocycles. The van der Waals surface area contributed by atoms with Gasteiger partial charge < -0.3 is 14.2 Å². The highest BCUT2D eigenvalue weighted by atomic mass is 16.6. The lowest BCUT2D eigenvalue weighted by Crippen LogP contribution is -2.30. The summed E-state index contributed by atoms with van der Waals surface area (Å²) in [6, 6.07) is 0. The monoisotopic (exact) mass is 919 g/mol. The minimum absolute atomic E-state index is 0.0933. The molecule has 0 fully saturated rings. The highest BCUT2D eigenvalue weighted by Crippen LogP contribution is 2.15. The van der Waals surface area contributed by atoms with Gasteiger partial charge in [0.2, 0.25) is 0 Å². The van der Waals surface area contributed by atoms with Crippen LogP contribution in [0.4, 0.5) is 0 Å². The number of esters is 3. The van der Waals surface area contributed by atoms with E-state index >= 15 is 0 Å². The van der Waals surface area contributed by atoms with Crippen molar-refractivity contribution in [2.45, 2.75) is 264 Å². The second-order valence-electron chi connectivity index (χ2n) is 18.1. The summed E-state index contributed by atoms with van der Waals surface area (Å²) in [6.07, 6.45) is 70.0. The molecule has 0 saturated carbocycles. The number of hydrogen-bond donors (Lipinski definition) is 0. The molecule has 0 heterocycles. The lowest BCUT2D eigenvalue weighted by atomic mass is 10.1. The zero-order chi connectivity index (χ0) is 47.9. The van der Waals surface area contributed by atoms with Gasteiger partial charge in [0.25, 0.3) is 0 Å². The van der Waals surface area contributed by atoms with E-state index < -0.39 is 6.10 Å². The molecule has 6 nitrogen and oxygen atoms in total. The third-order valence-electron chi connectivity index (χ3n) is 11.6. The molecule has 0 aliphatic heterocycles. The smallest absolute Gasteiger partial charge is 0.306 e. The van der Waals surface area contributed by atoms with Gasteiger partial charge in [-0.2, -0.15) is 0 Å². The van der Waals surface area contributed by atoms with Gasteiger partial charge in [-0.15, -0.1) is 0 Å². The largest absolute Gasteiger partial charge is 0.462 e. The van der Waals surface area contributed by atoms with E-state index in [0.717, 1.165) is 96.3 Å². The van der Waals surface area contributed by atoms with Crippen molar-refractivity contribution in [3.63, 3.8) is 0 Å². The van der Waals surface area contributed by atoms with Crippen LogP contribution in [-0.4, -0.2) is 37.2 Å². The molecule has 0 aliphatic carbocycles. The number of allylic oxidation sites excluding steroid dienone is 14. The molecule has 0 radical (unpaired) electrons. The van der Waals surface area contributed by atoms with E-state index in [-0.39, 0.29) is 31.1 Å². The van der Waals surface area contributed by atoms with E-state index in [1.807, 2.05) is 0 Å². The van der Waals surface area contributed by atoms with Crippen molar-refractivity contribution >= 4 is 17.9 Å². The van der Waals surface area contributed by atoms with Gasteiger partial charge in [0.15, 0.2) is 6.10 Å². The Morgan fingerprint density at radius 2 is 0.591 bits per heavy atom. The number of carbonyl (C=O) groups is 3. The van der Waals surface area contributed by atoms with Gasteiger partial charge in [-0.25, -0.2) is 0 Å². The van der Waals surface area contributed by atoms with Crippen LogP contribution in [0, 0.1) is 0 Å². The third kappa shape index (κ3) is 51.6. The summed E-state index contributed by atoms with van der Waals surface area (Å²) in [5.74, 6) is -0.941. The zero-order valence-corrected chi connectivity index (χ0v) is 43.2. The Labute approximate surface area is 407 Å². The van der Waals surface area contributed by atoms with Crippen molar-refractivity contribution in [2.75, 3.05) is 13.2 Å². The predicted molar refractivity (Wildman–Crippen MR) is 284 cm³/mol. The average Bonchev–Trinajstić information content (AvgIpc) is 3.31. The highest BCUT2D eigenvalue weighted by Gasteiger charge is 2.19. The Balaban J connectivity index is 4.39. The Morgan fingerprint density at radius 1 is 0.318 bits per heavy atom. The summed E-state index contributed by atoms with van der Waals surface area (Å²) in [4.78, 5) is 38.1. The lowest BCUT2D eigenvalue weighted by Gasteiger charge is -2.18. The first-order valence-electron chi connectivity index (χ1n) is 27.6. The first kappa shape index (κ1) is 62.6. The van der Waals surface area contributed by atoms with E-state index in [9.17, 15) is 14.4 Å². The topological polar surface area (TPSA) is 78.9 Å². The van der Waals surface area contributed by atoms with Gasteiger partial charge in [-0.05, 0) is 109 Å². The molecule has 0 amide bonds. The number of hydrogen-bond acceptors (Lipinski definition) is 6. The first-order valence-corrected chi connectivity index (χ1v) is 27.6. The Hall–Kier alpha value is -3.41. The van der Waals surface area contributed by atoms with Gasteiger partial charge in [-0.1, -0.05) is 215 Å². The maximum atomic E-state index is 12.8. The molecular weight excluding hydrogens is 817 g/mol. The van der Waals surface area contributed by atoms with Crippen molar-refractivity contribution in [1.29, 1.82) is 0 Å². The van der Waals surface area contributed by atoms with Crippen LogP contribution in [0.2, 0.25) is 0 Å². The van der Waals surface area contributed by atoms with Crippen molar-refractivity contribution in [2.24, 2.45) is 0 Å². The summed E-state index contributed by atoms with van der Waals surface area (Å²) in [5, 5.41) is 0. The zero-order valence-electron chi connectivity index (χ0n) is 43.2. The molecule has 378 valence electrons. The minimum Gasteiger partial charge on any atom is -0.462 e. The number of carbonyl (C=O) groups excluding carboxylic acids is 3. The molecule has 0 aromatic rings. The SMILES string of the molecule is CC/C=C\C/C=C\C/C=C\CCCCCCCCCCCC(=O)OCC(COC(=O)CCCC/C=C\C/C=C\C/C=C\CC)OC(=O)CCCCCCCCC/C=C\CCCCCCCC. The van der Waals surface area contributed by atoms with Gasteiger partial charge in [-0.3, -0.25) is 14.4 Å². The third-order valence-corrected chi connectivity index (χ3v) is 11.6. The molecule has 0 rings (SSSR count). The number of rotatable bonds is 49. The fourth-order valence-electron chi connectivity index (χ4n) is 7.52. The van der Waals surface area contributed by atoms with Gasteiger partial charge in [0, 0.05) is 19.3 Å². The second-order valence-corrected chi connectivity index (χ2v) is 18.1. The van der Waals surface area contributed by atoms with Crippen molar-refractivity contribution in [3.05, 3.63) is 85.1 Å². The molecule has 0 aliphatic rings. The molecule has 0 saturated heterocycles. The molecule has 0 bridgehead atoms. The van der Waals surface area contributed by atoms with Crippen molar-refractivity contribution in [1.82, 2.24) is 0 Å². The van der Waals surface area contributed by atoms with Crippen LogP contribution < -0.4 is 0 Å². The number of unbranched alkanes of at least 4 members (excludes halogenated alkanes) is 24. The fourth-order valence-corrected chi connectivity index (χ4v) is 7.52. The second kappa shape index (κ2) is 54.2. The van der Waals surface area contributed by atoms with Crippen LogP contribution in [0.15, 0.2) is 85.1 Å². The molecule has 1 unspecified atom stereocenters. The summed E-state index contributed by atoms with van der Waals surface area (Å²) >= 11 is 0. The quantitative estimate of drug-likeness (QED) is 0.0262. The normalized spacial score (nSPS) is 12.7. The van der Waals surface area contributed by atoms with Gasteiger partial charge in [0.05, 0.1) is 0 Å². The summed E-state index contributed by atoms with van der Waals surface area (Å²) < 4.78 is 16.8. The van der Waals surface area contributed by atoms with Crippen LogP contribution in [-0.2, 0) is 28.6 Å². The van der Waals surface area contributed by atoms with Crippen LogP contribution in [0.5, 0.6) is 0 Å². The maximum absolute atomic E-state index is 12.8. The van der Waals surface area contributed by atoms with E-state index in [2.05, 4.69) is 106 Å². The van der Waals surface area contributed by atoms with E-state index in [1.165, 1.54) is 122 Å². The standard InChI is InChI=1S/C60H102O6/c1-4-7-10-13-16-19-22-25-27-29-30-32-33-35-38-41-44-47-50-53-59(62)65-56-57(55-64-58(61)52-49-46-43-40-37-24-21-18-15-12-9-6-3)66-60(63)54-51-48-45-42-39-36-34-31-28-26-23-20-17-14-11-8-5-2/h7,9-10,12,16,18-19,21,25-28,37,40,57H,4-6,8,11,13-15,17,20,22-24,29-36,38-39,41-56H2,1-3H3/b10-7-,12-9-,19-16-,21-18-,27-25-,28-26-,40-37-. The Kier molecular flexibility index (Phi) is 51.4. The summed E-state index contributed by atoms with van der Waals surface area (Å²) in [5.41, 5.74) is 0. The van der Waals surface area contributed by atoms with E-state index in [4.69, 9.17) is 14.2 Å². The van der Waals surface area contributed by atoms with E-state index in [1.54, 1.807) is 0 Å². The summed E-state index contributed by atoms with van der Waals surface area (Å²) in [6.45, 7) is 6.37. The Morgan fingerprint density at radius 3 is 0.970 bits per heavy atom. The first-order chi connectivity index (χ1) is 32.5. The van der Waals surface area contributed by atoms with Gasteiger partial charge >= 0.3 is 17.9 Å².